The Labute approximate surface area is 105 Å². The van der Waals surface area contributed by atoms with Gasteiger partial charge in [-0.3, -0.25) is 4.79 Å². The zero-order valence-corrected chi connectivity index (χ0v) is 10.5. The second kappa shape index (κ2) is 6.14. The Hall–Kier alpha value is -0.910. The number of hydrogen-bond acceptors (Lipinski definition) is 4. The molecule has 1 amide bonds. The Morgan fingerprint density at radius 3 is 3.12 bits per heavy atom. The lowest BCUT2D eigenvalue weighted by Crippen LogP contribution is -2.37. The van der Waals surface area contributed by atoms with E-state index >= 15 is 0 Å². The summed E-state index contributed by atoms with van der Waals surface area (Å²) in [6, 6.07) is 3.98. The van der Waals surface area contributed by atoms with Gasteiger partial charge in [0.1, 0.15) is 0 Å². The molecule has 0 aliphatic carbocycles. The Kier molecular flexibility index (Phi) is 4.53. The highest BCUT2D eigenvalue weighted by Crippen LogP contribution is 2.18. The number of thiophene rings is 1. The number of carbonyl (C=O) groups excluding carboxylic acids is 1. The van der Waals surface area contributed by atoms with Gasteiger partial charge in [0, 0.05) is 18.0 Å². The molecule has 1 aliphatic heterocycles. The van der Waals surface area contributed by atoms with Crippen LogP contribution in [0.15, 0.2) is 17.5 Å². The van der Waals surface area contributed by atoms with E-state index in [9.17, 15) is 4.79 Å². The molecule has 4 nitrogen and oxygen atoms in total. The minimum Gasteiger partial charge on any atom is -0.395 e. The second-order valence-corrected chi connectivity index (χ2v) is 5.16. The molecule has 1 aliphatic rings. The van der Waals surface area contributed by atoms with E-state index in [-0.39, 0.29) is 18.4 Å². The predicted octanol–water partition coefficient (Wildman–Crippen LogP) is 1.11. The summed E-state index contributed by atoms with van der Waals surface area (Å²) < 4.78 is 5.23. The van der Waals surface area contributed by atoms with Crippen LogP contribution in [0.4, 0.5) is 0 Å². The molecular weight excluding hydrogens is 238 g/mol. The average Bonchev–Trinajstić information content (AvgIpc) is 3.00. The molecule has 1 saturated heterocycles. The summed E-state index contributed by atoms with van der Waals surface area (Å²) in [5, 5.41) is 11.0. The van der Waals surface area contributed by atoms with Crippen molar-refractivity contribution in [2.45, 2.75) is 13.0 Å². The third-order valence-corrected chi connectivity index (χ3v) is 3.75. The summed E-state index contributed by atoms with van der Waals surface area (Å²) in [5.41, 5.74) is 0. The van der Waals surface area contributed by atoms with Crippen molar-refractivity contribution in [3.63, 3.8) is 0 Å². The van der Waals surface area contributed by atoms with Crippen molar-refractivity contribution in [1.82, 2.24) is 4.90 Å². The Morgan fingerprint density at radius 2 is 2.53 bits per heavy atom. The SMILES string of the molecule is O=C([C@H]1CCOC1)N(CCO)Cc1cccs1. The summed E-state index contributed by atoms with van der Waals surface area (Å²) in [6.45, 7) is 2.18. The van der Waals surface area contributed by atoms with E-state index in [1.54, 1.807) is 16.2 Å². The molecule has 1 aromatic rings. The monoisotopic (exact) mass is 255 g/mol. The maximum atomic E-state index is 12.2. The highest BCUT2D eigenvalue weighted by Gasteiger charge is 2.27. The molecule has 0 saturated carbocycles. The zero-order valence-electron chi connectivity index (χ0n) is 9.67. The van der Waals surface area contributed by atoms with Gasteiger partial charge in [-0.2, -0.15) is 0 Å². The number of ether oxygens (including phenoxy) is 1. The molecule has 2 rings (SSSR count). The van der Waals surface area contributed by atoms with E-state index in [4.69, 9.17) is 9.84 Å². The van der Waals surface area contributed by atoms with Gasteiger partial charge in [0.25, 0.3) is 0 Å². The fourth-order valence-electron chi connectivity index (χ4n) is 1.97. The standard InChI is InChI=1S/C12H17NO3S/c14-5-4-13(8-11-2-1-7-17-11)12(15)10-3-6-16-9-10/h1-2,7,10,14H,3-6,8-9H2/t10-/m0/s1. The van der Waals surface area contributed by atoms with Crippen LogP contribution < -0.4 is 0 Å². The van der Waals surface area contributed by atoms with Crippen molar-refractivity contribution in [1.29, 1.82) is 0 Å². The molecule has 1 aromatic heterocycles. The van der Waals surface area contributed by atoms with Crippen LogP contribution in [-0.2, 0) is 16.1 Å². The number of nitrogens with zero attached hydrogens (tertiary/aromatic N) is 1. The van der Waals surface area contributed by atoms with E-state index in [2.05, 4.69) is 0 Å². The van der Waals surface area contributed by atoms with Gasteiger partial charge in [-0.05, 0) is 17.9 Å². The number of hydrogen-bond donors (Lipinski definition) is 1. The minimum atomic E-state index is -0.0264. The van der Waals surface area contributed by atoms with Gasteiger partial charge in [0.05, 0.1) is 25.7 Å². The van der Waals surface area contributed by atoms with E-state index in [0.717, 1.165) is 11.3 Å². The van der Waals surface area contributed by atoms with Gasteiger partial charge >= 0.3 is 0 Å². The fraction of sp³-hybridized carbons (Fsp3) is 0.583. The first kappa shape index (κ1) is 12.5. The van der Waals surface area contributed by atoms with Crippen LogP contribution in [0.1, 0.15) is 11.3 Å². The van der Waals surface area contributed by atoms with Gasteiger partial charge in [0.15, 0.2) is 0 Å². The van der Waals surface area contributed by atoms with E-state index in [1.165, 1.54) is 0 Å². The maximum absolute atomic E-state index is 12.2. The molecule has 5 heteroatoms. The second-order valence-electron chi connectivity index (χ2n) is 4.12. The summed E-state index contributed by atoms with van der Waals surface area (Å²) in [4.78, 5) is 15.1. The van der Waals surface area contributed by atoms with E-state index in [1.807, 2.05) is 17.5 Å². The van der Waals surface area contributed by atoms with Crippen molar-refractivity contribution in [3.05, 3.63) is 22.4 Å². The lowest BCUT2D eigenvalue weighted by atomic mass is 10.1. The third kappa shape index (κ3) is 3.28. The third-order valence-electron chi connectivity index (χ3n) is 2.89. The van der Waals surface area contributed by atoms with Gasteiger partial charge in [-0.25, -0.2) is 0 Å². The molecule has 1 atom stereocenters. The van der Waals surface area contributed by atoms with Crippen LogP contribution in [0.3, 0.4) is 0 Å². The molecule has 2 heterocycles. The minimum absolute atomic E-state index is 0.00466. The first-order valence-electron chi connectivity index (χ1n) is 5.81. The summed E-state index contributed by atoms with van der Waals surface area (Å²) >= 11 is 1.63. The summed E-state index contributed by atoms with van der Waals surface area (Å²) in [6.07, 6.45) is 0.797. The average molecular weight is 255 g/mol. The molecule has 0 spiro atoms. The molecule has 0 radical (unpaired) electrons. The van der Waals surface area contributed by atoms with Gasteiger partial charge in [0.2, 0.25) is 5.91 Å². The topological polar surface area (TPSA) is 49.8 Å². The molecule has 94 valence electrons. The van der Waals surface area contributed by atoms with Crippen LogP contribution in [0.25, 0.3) is 0 Å². The first-order chi connectivity index (χ1) is 8.31. The molecule has 17 heavy (non-hydrogen) atoms. The van der Waals surface area contributed by atoms with Gasteiger partial charge < -0.3 is 14.7 Å². The molecular formula is C12H17NO3S. The van der Waals surface area contributed by atoms with Gasteiger partial charge in [-0.1, -0.05) is 6.07 Å². The van der Waals surface area contributed by atoms with Crippen LogP contribution in [0.2, 0.25) is 0 Å². The van der Waals surface area contributed by atoms with Crippen LogP contribution >= 0.6 is 11.3 Å². The lowest BCUT2D eigenvalue weighted by molar-refractivity contribution is -0.136. The Morgan fingerprint density at radius 1 is 1.65 bits per heavy atom. The number of amides is 1. The number of aliphatic hydroxyl groups is 1. The lowest BCUT2D eigenvalue weighted by Gasteiger charge is -2.23. The van der Waals surface area contributed by atoms with Crippen molar-refractivity contribution >= 4 is 17.2 Å². The number of rotatable bonds is 5. The Balaban J connectivity index is 1.97. The fourth-order valence-corrected chi connectivity index (χ4v) is 2.69. The smallest absolute Gasteiger partial charge is 0.228 e. The van der Waals surface area contributed by atoms with Crippen molar-refractivity contribution in [2.24, 2.45) is 5.92 Å². The predicted molar refractivity (Wildman–Crippen MR) is 65.7 cm³/mol. The van der Waals surface area contributed by atoms with Crippen molar-refractivity contribution in [3.8, 4) is 0 Å². The quantitative estimate of drug-likeness (QED) is 0.857. The van der Waals surface area contributed by atoms with Crippen molar-refractivity contribution < 1.29 is 14.6 Å². The molecule has 1 N–H and O–H groups in total. The summed E-state index contributed by atoms with van der Waals surface area (Å²) in [7, 11) is 0. The molecule has 1 fully saturated rings. The van der Waals surface area contributed by atoms with E-state index in [0.29, 0.717) is 26.3 Å². The largest absolute Gasteiger partial charge is 0.395 e. The summed E-state index contributed by atoms with van der Waals surface area (Å²) in [5.74, 6) is 0.0754. The highest BCUT2D eigenvalue weighted by atomic mass is 32.1. The number of aliphatic hydroxyl groups excluding tert-OH is 1. The van der Waals surface area contributed by atoms with E-state index < -0.39 is 0 Å². The zero-order chi connectivity index (χ0) is 12.1. The molecule has 0 bridgehead atoms. The van der Waals surface area contributed by atoms with Crippen LogP contribution in [0.5, 0.6) is 0 Å². The normalized spacial score (nSPS) is 19.5. The molecule has 0 unspecified atom stereocenters. The first-order valence-corrected chi connectivity index (χ1v) is 6.69. The molecule has 0 aromatic carbocycles. The highest BCUT2D eigenvalue weighted by molar-refractivity contribution is 7.09. The maximum Gasteiger partial charge on any atom is 0.228 e. The van der Waals surface area contributed by atoms with Crippen molar-refractivity contribution in [2.75, 3.05) is 26.4 Å². The van der Waals surface area contributed by atoms with Crippen LogP contribution in [0, 0.1) is 5.92 Å². The Bertz CT molecular complexity index is 347. The number of carbonyl (C=O) groups is 1. The van der Waals surface area contributed by atoms with Gasteiger partial charge in [-0.15, -0.1) is 11.3 Å². The van der Waals surface area contributed by atoms with Crippen LogP contribution in [-0.4, -0.2) is 42.3 Å².